The summed E-state index contributed by atoms with van der Waals surface area (Å²) >= 11 is 0. The SMILES string of the molecule is CCC(=O)OC(c1cc(C(C)(C)C)c(O)c(C(C)(C)C)c1)C(C(OC(=O)CC)c1cc(C(C)(C)C)c(O)c(C(C)(C)C)c1)(C(OC(=O)CC)c1cc(C(C)(C)C)c(O)c(C(C)(C)C)c1)C(OC(=O)CC)c1cc(C(C)(C)C)c(O)c(C(C)(C)C)c1. The first-order valence-electron chi connectivity index (χ1n) is 30.6. The van der Waals surface area contributed by atoms with E-state index in [2.05, 4.69) is 0 Å². The van der Waals surface area contributed by atoms with E-state index >= 15 is 19.2 Å². The Kier molecular flexibility index (Phi) is 21.0. The summed E-state index contributed by atoms with van der Waals surface area (Å²) in [5.41, 5.74) is -4.03. The van der Waals surface area contributed by atoms with Gasteiger partial charge in [0.1, 0.15) is 52.8 Å². The van der Waals surface area contributed by atoms with Gasteiger partial charge in [0, 0.05) is 25.7 Å². The molecule has 4 unspecified atom stereocenters. The molecule has 0 aliphatic rings. The quantitative estimate of drug-likeness (QED) is 0.0615. The topological polar surface area (TPSA) is 186 Å². The molecule has 4 atom stereocenters. The highest BCUT2D eigenvalue weighted by molar-refractivity contribution is 5.73. The minimum Gasteiger partial charge on any atom is -0.507 e. The number of carbonyl (C=O) groups excluding carboxylic acids is 4. The maximum Gasteiger partial charge on any atom is 0.306 e. The summed E-state index contributed by atoms with van der Waals surface area (Å²) in [4.78, 5) is 61.4. The lowest BCUT2D eigenvalue weighted by molar-refractivity contribution is -0.241. The highest BCUT2D eigenvalue weighted by atomic mass is 16.6. The summed E-state index contributed by atoms with van der Waals surface area (Å²) in [5, 5.41) is 50.6. The predicted octanol–water partition coefficient (Wildman–Crippen LogP) is 18.0. The Hall–Kier alpha value is -6.04. The van der Waals surface area contributed by atoms with Gasteiger partial charge in [-0.1, -0.05) is 194 Å². The van der Waals surface area contributed by atoms with Gasteiger partial charge in [-0.2, -0.15) is 0 Å². The molecule has 4 aromatic rings. The highest BCUT2D eigenvalue weighted by Gasteiger charge is 2.66. The van der Waals surface area contributed by atoms with Crippen molar-refractivity contribution in [3.05, 3.63) is 115 Å². The highest BCUT2D eigenvalue weighted by Crippen LogP contribution is 2.67. The zero-order valence-electron chi connectivity index (χ0n) is 57.3. The molecule has 0 aliphatic carbocycles. The molecule has 0 saturated heterocycles. The monoisotopic (exact) mass is 1180 g/mol. The van der Waals surface area contributed by atoms with Crippen molar-refractivity contribution in [3.63, 3.8) is 0 Å². The van der Waals surface area contributed by atoms with E-state index in [9.17, 15) is 20.4 Å². The molecule has 0 aliphatic heterocycles. The molecule has 85 heavy (non-hydrogen) atoms. The number of aromatic hydroxyl groups is 4. The normalized spacial score (nSPS) is 15.3. The van der Waals surface area contributed by atoms with Gasteiger partial charge in [-0.05, 0) is 159 Å². The average molecular weight is 1180 g/mol. The molecule has 0 heterocycles. The van der Waals surface area contributed by atoms with Crippen LogP contribution in [0.1, 0.15) is 311 Å². The van der Waals surface area contributed by atoms with E-state index in [0.29, 0.717) is 44.5 Å². The lowest BCUT2D eigenvalue weighted by Gasteiger charge is -2.53. The van der Waals surface area contributed by atoms with Gasteiger partial charge in [0.2, 0.25) is 0 Å². The van der Waals surface area contributed by atoms with Gasteiger partial charge in [0.05, 0.1) is 0 Å². The lowest BCUT2D eigenvalue weighted by Crippen LogP contribution is -2.51. The van der Waals surface area contributed by atoms with E-state index in [1.165, 1.54) is 0 Å². The predicted molar refractivity (Wildman–Crippen MR) is 341 cm³/mol. The minimum absolute atomic E-state index is 0.00122. The molecular weight excluding hydrogens is 1070 g/mol. The number of rotatable bonds is 16. The standard InChI is InChI=1S/C73H108O12/c1-29-53(74)82-61(41-33-45(65(5,6)7)57(78)46(34-41)66(8,9)10)73(62(83-54(75)30-2)42-35-47(67(11,12)13)58(79)48(36-42)68(14,15)16,63(84-55(76)31-3)43-37-49(69(17,18)19)59(80)50(38-43)70(20,21)22)64(85-56(77)32-4)44-39-51(71(23,24)25)60(81)52(40-44)72(26,27)28/h33-40,61-64,78-81H,29-32H2,1-28H3. The Labute approximate surface area is 511 Å². The summed E-state index contributed by atoms with van der Waals surface area (Å²) in [6, 6.07) is 14.2. The molecule has 0 radical (unpaired) electrons. The van der Waals surface area contributed by atoms with Gasteiger partial charge < -0.3 is 39.4 Å². The van der Waals surface area contributed by atoms with Crippen LogP contribution < -0.4 is 0 Å². The van der Waals surface area contributed by atoms with Crippen LogP contribution in [0.3, 0.4) is 0 Å². The number of benzene rings is 4. The van der Waals surface area contributed by atoms with Crippen molar-refractivity contribution >= 4 is 23.9 Å². The summed E-state index contributed by atoms with van der Waals surface area (Å²) < 4.78 is 29.2. The third-order valence-corrected chi connectivity index (χ3v) is 16.2. The Morgan fingerprint density at radius 3 is 0.494 bits per heavy atom. The van der Waals surface area contributed by atoms with Crippen LogP contribution in [-0.2, 0) is 81.4 Å². The molecule has 472 valence electrons. The molecular formula is C73H108O12. The van der Waals surface area contributed by atoms with Gasteiger partial charge in [-0.15, -0.1) is 0 Å². The van der Waals surface area contributed by atoms with Gasteiger partial charge in [0.25, 0.3) is 0 Å². The summed E-state index contributed by atoms with van der Waals surface area (Å²) in [6.45, 7) is 53.5. The number of hydrogen-bond acceptors (Lipinski definition) is 12. The Balaban J connectivity index is 2.97. The van der Waals surface area contributed by atoms with E-state index < -0.39 is 97.0 Å². The Morgan fingerprint density at radius 2 is 0.400 bits per heavy atom. The number of carbonyl (C=O) groups is 4. The van der Waals surface area contributed by atoms with Crippen LogP contribution in [0.15, 0.2) is 48.5 Å². The van der Waals surface area contributed by atoms with Gasteiger partial charge in [-0.25, -0.2) is 0 Å². The maximum atomic E-state index is 15.3. The fourth-order valence-electron chi connectivity index (χ4n) is 11.3. The number of esters is 4. The second-order valence-corrected chi connectivity index (χ2v) is 31.8. The molecule has 12 heteroatoms. The molecule has 0 saturated carbocycles. The molecule has 4 aromatic carbocycles. The number of phenols is 4. The third-order valence-electron chi connectivity index (χ3n) is 16.2. The first-order chi connectivity index (χ1) is 38.3. The van der Waals surface area contributed by atoms with Crippen LogP contribution >= 0.6 is 0 Å². The van der Waals surface area contributed by atoms with E-state index in [0.717, 1.165) is 0 Å². The fourth-order valence-corrected chi connectivity index (χ4v) is 11.3. The van der Waals surface area contributed by atoms with E-state index in [1.807, 2.05) is 166 Å². The van der Waals surface area contributed by atoms with Crippen molar-refractivity contribution in [3.8, 4) is 23.0 Å². The van der Waals surface area contributed by atoms with E-state index in [1.54, 1.807) is 76.2 Å². The fraction of sp³-hybridized carbons (Fsp3) is 0.616. The first-order valence-corrected chi connectivity index (χ1v) is 30.6. The summed E-state index contributed by atoms with van der Waals surface area (Å²) in [7, 11) is 0. The second-order valence-electron chi connectivity index (χ2n) is 31.8. The number of hydrogen-bond donors (Lipinski definition) is 4. The Morgan fingerprint density at radius 1 is 0.282 bits per heavy atom. The first kappa shape index (κ1) is 71.4. The van der Waals surface area contributed by atoms with Crippen LogP contribution in [0.5, 0.6) is 23.0 Å². The number of ether oxygens (including phenoxy) is 4. The molecule has 4 N–H and O–H groups in total. The van der Waals surface area contributed by atoms with Crippen LogP contribution in [0.2, 0.25) is 0 Å². The zero-order chi connectivity index (χ0) is 65.7. The summed E-state index contributed by atoms with van der Waals surface area (Å²) in [5.74, 6) is -2.93. The maximum absolute atomic E-state index is 15.3. The van der Waals surface area contributed by atoms with Crippen LogP contribution in [0.4, 0.5) is 0 Å². The van der Waals surface area contributed by atoms with Crippen molar-refractivity contribution < 1.29 is 58.6 Å². The van der Waals surface area contributed by atoms with Crippen molar-refractivity contribution in [1.82, 2.24) is 0 Å². The van der Waals surface area contributed by atoms with Gasteiger partial charge >= 0.3 is 23.9 Å². The Bertz CT molecular complexity index is 2540. The van der Waals surface area contributed by atoms with Crippen molar-refractivity contribution in [2.24, 2.45) is 5.41 Å². The number of phenolic OH excluding ortho intramolecular Hbond substituents is 4. The van der Waals surface area contributed by atoms with Crippen molar-refractivity contribution in [1.29, 1.82) is 0 Å². The molecule has 4 rings (SSSR count). The minimum atomic E-state index is -2.48. The second kappa shape index (κ2) is 25.0. The smallest absolute Gasteiger partial charge is 0.306 e. The third kappa shape index (κ3) is 15.6. The van der Waals surface area contributed by atoms with Crippen molar-refractivity contribution in [2.45, 2.75) is 287 Å². The van der Waals surface area contributed by atoms with Crippen LogP contribution in [0, 0.1) is 5.41 Å². The van der Waals surface area contributed by atoms with Crippen LogP contribution in [-0.4, -0.2) is 44.3 Å². The van der Waals surface area contributed by atoms with E-state index in [-0.39, 0.29) is 70.9 Å². The average Bonchev–Trinajstić information content (AvgIpc) is 0.764. The largest absolute Gasteiger partial charge is 0.507 e. The zero-order valence-corrected chi connectivity index (χ0v) is 57.3. The van der Waals surface area contributed by atoms with Gasteiger partial charge in [-0.3, -0.25) is 19.2 Å². The molecule has 0 amide bonds. The van der Waals surface area contributed by atoms with E-state index in [4.69, 9.17) is 18.9 Å². The summed E-state index contributed by atoms with van der Waals surface area (Å²) in [6.07, 6.45) is -7.97. The van der Waals surface area contributed by atoms with Crippen molar-refractivity contribution in [2.75, 3.05) is 0 Å². The molecule has 0 aromatic heterocycles. The molecule has 12 nitrogen and oxygen atoms in total. The molecule has 0 spiro atoms. The lowest BCUT2D eigenvalue weighted by atomic mass is 9.59. The van der Waals surface area contributed by atoms with Gasteiger partial charge in [0.15, 0.2) is 0 Å². The molecule has 0 fully saturated rings. The van der Waals surface area contributed by atoms with Crippen LogP contribution in [0.25, 0.3) is 0 Å². The molecule has 0 bridgehead atoms.